The Hall–Kier alpha value is 0.531. The normalized spacial score (nSPS) is 14.0. The molecule has 0 aliphatic rings. The predicted molar refractivity (Wildman–Crippen MR) is 90.5 cm³/mol. The van der Waals surface area contributed by atoms with Crippen molar-refractivity contribution in [2.45, 2.75) is 64.2 Å². The number of nitrogens with two attached hydrogens (primary N) is 2. The zero-order valence-electron chi connectivity index (χ0n) is 13.3. The minimum Gasteiger partial charge on any atom is -0.458 e. The van der Waals surface area contributed by atoms with E-state index in [-0.39, 0.29) is 0 Å². The SMILES string of the molecule is C[Si](C)(CCCN)O[Si](C)(C)[Si](C)(C)CCCN. The largest absolute Gasteiger partial charge is 0.458 e. The third kappa shape index (κ3) is 6.12. The van der Waals surface area contributed by atoms with Crippen molar-refractivity contribution in [2.24, 2.45) is 11.5 Å². The molecule has 0 rings (SSSR count). The lowest BCUT2D eigenvalue weighted by molar-refractivity contribution is 0.553. The van der Waals surface area contributed by atoms with Gasteiger partial charge in [0.25, 0.3) is 0 Å². The van der Waals surface area contributed by atoms with E-state index in [1.807, 2.05) is 0 Å². The van der Waals surface area contributed by atoms with Crippen LogP contribution in [0.5, 0.6) is 0 Å². The molecule has 0 spiro atoms. The van der Waals surface area contributed by atoms with Crippen LogP contribution in [0.2, 0.25) is 51.4 Å². The van der Waals surface area contributed by atoms with Crippen molar-refractivity contribution in [1.82, 2.24) is 0 Å². The second-order valence-electron chi connectivity index (χ2n) is 7.04. The van der Waals surface area contributed by atoms with Gasteiger partial charge in [-0.05, 0) is 58.2 Å². The van der Waals surface area contributed by atoms with E-state index in [1.54, 1.807) is 0 Å². The van der Waals surface area contributed by atoms with E-state index in [2.05, 4.69) is 39.3 Å². The minimum absolute atomic E-state index is 0.787. The standard InChI is InChI=1S/C12H34N2OSi3/c1-16(2,11-7-9-13)15-18(5,6)17(3,4)12-8-10-14/h7-14H2,1-6H3. The summed E-state index contributed by atoms with van der Waals surface area (Å²) in [4.78, 5) is 0. The smallest absolute Gasteiger partial charge is 0.173 e. The van der Waals surface area contributed by atoms with Crippen molar-refractivity contribution in [3.8, 4) is 0 Å². The van der Waals surface area contributed by atoms with Gasteiger partial charge in [0, 0.05) is 0 Å². The van der Waals surface area contributed by atoms with Crippen LogP contribution in [0.1, 0.15) is 12.8 Å². The number of hydrogen-bond acceptors (Lipinski definition) is 3. The van der Waals surface area contributed by atoms with Gasteiger partial charge in [-0.25, -0.2) is 0 Å². The zero-order chi connectivity index (χ0) is 14.4. The summed E-state index contributed by atoms with van der Waals surface area (Å²) in [5.41, 5.74) is 11.3. The summed E-state index contributed by atoms with van der Waals surface area (Å²) in [6.07, 6.45) is 2.26. The van der Waals surface area contributed by atoms with Crippen LogP contribution in [0.25, 0.3) is 0 Å². The monoisotopic (exact) mass is 306 g/mol. The summed E-state index contributed by atoms with van der Waals surface area (Å²) in [5.74, 6) is 0. The molecule has 0 aliphatic heterocycles. The Balaban J connectivity index is 4.60. The highest BCUT2D eigenvalue weighted by Crippen LogP contribution is 2.30. The number of hydrogen-bond donors (Lipinski definition) is 2. The Kier molecular flexibility index (Phi) is 7.57. The Morgan fingerprint density at radius 2 is 1.22 bits per heavy atom. The fourth-order valence-corrected chi connectivity index (χ4v) is 19.3. The van der Waals surface area contributed by atoms with E-state index in [0.29, 0.717) is 0 Å². The van der Waals surface area contributed by atoms with E-state index in [1.165, 1.54) is 12.1 Å². The van der Waals surface area contributed by atoms with Crippen molar-refractivity contribution in [3.63, 3.8) is 0 Å². The molecule has 4 N–H and O–H groups in total. The molecule has 0 aromatic heterocycles. The lowest BCUT2D eigenvalue weighted by Gasteiger charge is -2.43. The zero-order valence-corrected chi connectivity index (χ0v) is 16.3. The topological polar surface area (TPSA) is 61.3 Å². The maximum Gasteiger partial charge on any atom is 0.173 e. The van der Waals surface area contributed by atoms with E-state index >= 15 is 0 Å². The Morgan fingerprint density at radius 1 is 0.778 bits per heavy atom. The molecule has 0 bridgehead atoms. The Morgan fingerprint density at radius 3 is 1.67 bits per heavy atom. The lowest BCUT2D eigenvalue weighted by Crippen LogP contribution is -2.61. The van der Waals surface area contributed by atoms with Crippen LogP contribution >= 0.6 is 0 Å². The summed E-state index contributed by atoms with van der Waals surface area (Å²) in [7, 11) is -4.33. The van der Waals surface area contributed by atoms with Gasteiger partial charge in [0.2, 0.25) is 0 Å². The number of rotatable bonds is 9. The molecule has 0 aromatic carbocycles. The molecule has 3 nitrogen and oxygen atoms in total. The highest BCUT2D eigenvalue weighted by atomic mass is 29.3. The van der Waals surface area contributed by atoms with E-state index in [0.717, 1.165) is 25.9 Å². The quantitative estimate of drug-likeness (QED) is 0.644. The fraction of sp³-hybridized carbons (Fsp3) is 1.00. The molecule has 0 aliphatic carbocycles. The van der Waals surface area contributed by atoms with Crippen molar-refractivity contribution >= 4 is 23.7 Å². The average molecular weight is 307 g/mol. The van der Waals surface area contributed by atoms with Crippen molar-refractivity contribution in [1.29, 1.82) is 0 Å². The highest BCUT2D eigenvalue weighted by Gasteiger charge is 2.45. The molecule has 0 aromatic rings. The van der Waals surface area contributed by atoms with Crippen LogP contribution in [0.15, 0.2) is 0 Å². The molecule has 6 heteroatoms. The maximum atomic E-state index is 6.73. The van der Waals surface area contributed by atoms with Gasteiger partial charge in [-0.1, -0.05) is 19.1 Å². The molecular weight excluding hydrogens is 272 g/mol. The second-order valence-corrected chi connectivity index (χ2v) is 26.8. The van der Waals surface area contributed by atoms with Gasteiger partial charge in [-0.15, -0.1) is 0 Å². The van der Waals surface area contributed by atoms with Crippen LogP contribution in [-0.2, 0) is 4.12 Å². The molecule has 0 unspecified atom stereocenters. The van der Waals surface area contributed by atoms with Crippen LogP contribution in [0.3, 0.4) is 0 Å². The van der Waals surface area contributed by atoms with Gasteiger partial charge >= 0.3 is 0 Å². The first-order valence-electron chi connectivity index (χ1n) is 7.18. The minimum atomic E-state index is -1.55. The van der Waals surface area contributed by atoms with E-state index in [4.69, 9.17) is 15.6 Å². The molecule has 0 saturated carbocycles. The summed E-state index contributed by atoms with van der Waals surface area (Å²) >= 11 is 0. The molecule has 0 atom stereocenters. The lowest BCUT2D eigenvalue weighted by atomic mass is 10.5. The van der Waals surface area contributed by atoms with Gasteiger partial charge in [-0.3, -0.25) is 0 Å². The first-order chi connectivity index (χ1) is 8.08. The van der Waals surface area contributed by atoms with Gasteiger partial charge in [0.1, 0.15) is 0 Å². The van der Waals surface area contributed by atoms with E-state index in [9.17, 15) is 0 Å². The second kappa shape index (κ2) is 7.35. The van der Waals surface area contributed by atoms with E-state index < -0.39 is 23.7 Å². The van der Waals surface area contributed by atoms with Gasteiger partial charge in [0.05, 0.1) is 7.59 Å². The first kappa shape index (κ1) is 18.5. The highest BCUT2D eigenvalue weighted by molar-refractivity contribution is 7.39. The first-order valence-corrected chi connectivity index (χ1v) is 17.4. The van der Waals surface area contributed by atoms with Crippen molar-refractivity contribution < 1.29 is 4.12 Å². The molecule has 18 heavy (non-hydrogen) atoms. The van der Waals surface area contributed by atoms with Crippen molar-refractivity contribution in [2.75, 3.05) is 13.1 Å². The van der Waals surface area contributed by atoms with Crippen LogP contribution in [0, 0.1) is 0 Å². The molecular formula is C12H34N2OSi3. The molecule has 0 saturated heterocycles. The molecule has 0 radical (unpaired) electrons. The Bertz CT molecular complexity index is 245. The van der Waals surface area contributed by atoms with Crippen LogP contribution < -0.4 is 11.5 Å². The van der Waals surface area contributed by atoms with Crippen molar-refractivity contribution in [3.05, 3.63) is 0 Å². The van der Waals surface area contributed by atoms with Crippen LogP contribution in [-0.4, -0.2) is 36.8 Å². The van der Waals surface area contributed by atoms with Gasteiger partial charge in [0.15, 0.2) is 16.2 Å². The fourth-order valence-electron chi connectivity index (χ4n) is 2.25. The summed E-state index contributed by atoms with van der Waals surface area (Å²) in [5, 5.41) is 0. The molecule has 110 valence electrons. The summed E-state index contributed by atoms with van der Waals surface area (Å²) in [6, 6.07) is 2.51. The Labute approximate surface area is 117 Å². The third-order valence-electron chi connectivity index (χ3n) is 4.15. The molecule has 0 amide bonds. The molecule has 0 fully saturated rings. The third-order valence-corrected chi connectivity index (χ3v) is 26.3. The maximum absolute atomic E-state index is 6.73. The predicted octanol–water partition coefficient (Wildman–Crippen LogP) is 2.90. The van der Waals surface area contributed by atoms with Gasteiger partial charge < -0.3 is 15.6 Å². The van der Waals surface area contributed by atoms with Gasteiger partial charge in [-0.2, -0.15) is 0 Å². The summed E-state index contributed by atoms with van der Waals surface area (Å²) < 4.78 is 6.73. The average Bonchev–Trinajstić information content (AvgIpc) is 2.22. The molecule has 0 heterocycles. The summed E-state index contributed by atoms with van der Waals surface area (Å²) in [6.45, 7) is 16.1. The van der Waals surface area contributed by atoms with Crippen LogP contribution in [0.4, 0.5) is 0 Å².